The van der Waals surface area contributed by atoms with Gasteiger partial charge in [-0.2, -0.15) is 4.57 Å². The molecule has 2 aliphatic heterocycles. The van der Waals surface area contributed by atoms with Crippen molar-refractivity contribution in [1.29, 1.82) is 0 Å². The van der Waals surface area contributed by atoms with Crippen molar-refractivity contribution in [3.8, 4) is 34.3 Å². The van der Waals surface area contributed by atoms with Gasteiger partial charge in [-0.15, -0.1) is 11.8 Å². The van der Waals surface area contributed by atoms with E-state index in [1.165, 1.54) is 16.2 Å². The maximum absolute atomic E-state index is 5.60. The average molecular weight is 404 g/mol. The highest BCUT2D eigenvalue weighted by Gasteiger charge is 2.26. The van der Waals surface area contributed by atoms with Crippen LogP contribution >= 0.6 is 11.8 Å². The molecule has 5 nitrogen and oxygen atoms in total. The lowest BCUT2D eigenvalue weighted by atomic mass is 10.1. The van der Waals surface area contributed by atoms with E-state index in [0.717, 1.165) is 46.1 Å². The number of benzene rings is 2. The van der Waals surface area contributed by atoms with E-state index in [4.69, 9.17) is 18.9 Å². The highest BCUT2D eigenvalue weighted by atomic mass is 35.5. The lowest BCUT2D eigenvalue weighted by Crippen LogP contribution is -3.00. The molecule has 3 aromatic rings. The molecule has 0 fully saturated rings. The molecule has 0 saturated carbocycles. The molecule has 1 aromatic heterocycles. The summed E-state index contributed by atoms with van der Waals surface area (Å²) in [5, 5.41) is 2.24. The number of rotatable bonds is 2. The molecule has 0 aliphatic carbocycles. The molecule has 7 heteroatoms. The molecule has 2 aliphatic rings. The van der Waals surface area contributed by atoms with E-state index >= 15 is 0 Å². The second-order valence-electron chi connectivity index (χ2n) is 6.24. The van der Waals surface area contributed by atoms with Gasteiger partial charge in [-0.05, 0) is 29.7 Å². The summed E-state index contributed by atoms with van der Waals surface area (Å²) in [6.45, 7) is 1.23. The predicted molar refractivity (Wildman–Crippen MR) is 99.5 cm³/mol. The maximum Gasteiger partial charge on any atom is 0.231 e. The van der Waals surface area contributed by atoms with E-state index in [9.17, 15) is 0 Å². The number of thioether (sulfide) groups is 1. The van der Waals surface area contributed by atoms with E-state index in [2.05, 4.69) is 29.0 Å². The third kappa shape index (κ3) is 2.93. The topological polar surface area (TPSA) is 40.8 Å². The van der Waals surface area contributed by atoms with Gasteiger partial charge in [-0.3, -0.25) is 0 Å². The zero-order chi connectivity index (χ0) is 17.7. The van der Waals surface area contributed by atoms with E-state index in [1.54, 1.807) is 14.2 Å². The van der Waals surface area contributed by atoms with Crippen LogP contribution in [-0.2, 0) is 6.54 Å². The Kier molecular flexibility index (Phi) is 4.70. The van der Waals surface area contributed by atoms with Crippen LogP contribution in [0.1, 0.15) is 0 Å². The highest BCUT2D eigenvalue weighted by Crippen LogP contribution is 2.43. The second-order valence-corrected chi connectivity index (χ2v) is 7.38. The first kappa shape index (κ1) is 18.1. The Hall–Kier alpha value is -2.31. The molecule has 3 heterocycles. The fourth-order valence-corrected chi connectivity index (χ4v) is 4.55. The number of halogens is 1. The molecule has 0 amide bonds. The van der Waals surface area contributed by atoms with Gasteiger partial charge in [-0.1, -0.05) is 0 Å². The van der Waals surface area contributed by atoms with Gasteiger partial charge in [0.05, 0.1) is 25.5 Å². The zero-order valence-corrected chi connectivity index (χ0v) is 16.5. The number of nitrogens with zero attached hydrogens (tertiary/aromatic N) is 1. The molecule has 140 valence electrons. The van der Waals surface area contributed by atoms with Crippen molar-refractivity contribution in [2.75, 3.05) is 26.8 Å². The standard InChI is InChI=1S/C20H18NO4S.ClH/c1-22-16-6-12-5-15-14-8-18-19(25-11-24-18)9-20(14)26-4-3-21(15)10-13(12)7-17(16)23-2;/h5-10H,3-4,11H2,1-2H3;1H/q+1;/p-1. The number of aryl methyl sites for hydroxylation is 1. The first-order valence-corrected chi connectivity index (χ1v) is 9.41. The fourth-order valence-electron chi connectivity index (χ4n) is 3.53. The normalized spacial score (nSPS) is 14.0. The van der Waals surface area contributed by atoms with Gasteiger partial charge in [0.25, 0.3) is 0 Å². The molecular formula is C20H18ClNO4S. The number of aromatic nitrogens is 1. The lowest BCUT2D eigenvalue weighted by Gasteiger charge is -2.10. The van der Waals surface area contributed by atoms with Crippen molar-refractivity contribution in [1.82, 2.24) is 0 Å². The van der Waals surface area contributed by atoms with Crippen molar-refractivity contribution < 1.29 is 35.9 Å². The van der Waals surface area contributed by atoms with Crippen LogP contribution in [0.4, 0.5) is 0 Å². The molecule has 0 bridgehead atoms. The summed E-state index contributed by atoms with van der Waals surface area (Å²) in [4.78, 5) is 1.22. The summed E-state index contributed by atoms with van der Waals surface area (Å²) in [5.41, 5.74) is 2.34. The van der Waals surface area contributed by atoms with Gasteiger partial charge in [-0.25, -0.2) is 0 Å². The second kappa shape index (κ2) is 7.02. The Morgan fingerprint density at radius 1 is 0.926 bits per heavy atom. The number of methoxy groups -OCH3 is 2. The summed E-state index contributed by atoms with van der Waals surface area (Å²) < 4.78 is 24.4. The van der Waals surface area contributed by atoms with Crippen molar-refractivity contribution in [3.05, 3.63) is 36.5 Å². The summed E-state index contributed by atoms with van der Waals surface area (Å²) in [6.07, 6.45) is 2.19. The van der Waals surface area contributed by atoms with Crippen molar-refractivity contribution in [2.24, 2.45) is 0 Å². The minimum atomic E-state index is 0. The summed E-state index contributed by atoms with van der Waals surface area (Å²) in [7, 11) is 3.32. The van der Waals surface area contributed by atoms with Crippen LogP contribution in [0.25, 0.3) is 22.0 Å². The number of hydrogen-bond donors (Lipinski definition) is 0. The van der Waals surface area contributed by atoms with Crippen LogP contribution in [-0.4, -0.2) is 26.8 Å². The molecule has 0 N–H and O–H groups in total. The Balaban J connectivity index is 0.00000180. The molecule has 0 radical (unpaired) electrons. The first-order valence-electron chi connectivity index (χ1n) is 8.43. The quantitative estimate of drug-likeness (QED) is 0.588. The van der Waals surface area contributed by atoms with Gasteiger partial charge >= 0.3 is 0 Å². The van der Waals surface area contributed by atoms with Crippen LogP contribution in [0.5, 0.6) is 23.0 Å². The number of hydrogen-bond acceptors (Lipinski definition) is 5. The maximum atomic E-state index is 5.60. The minimum absolute atomic E-state index is 0. The van der Waals surface area contributed by atoms with Crippen LogP contribution in [0.2, 0.25) is 0 Å². The zero-order valence-electron chi connectivity index (χ0n) is 15.0. The molecule has 27 heavy (non-hydrogen) atoms. The minimum Gasteiger partial charge on any atom is -1.00 e. The van der Waals surface area contributed by atoms with Crippen LogP contribution < -0.4 is 35.9 Å². The van der Waals surface area contributed by atoms with Gasteiger partial charge in [0.1, 0.15) is 0 Å². The number of ether oxygens (including phenoxy) is 4. The van der Waals surface area contributed by atoms with Crippen molar-refractivity contribution in [2.45, 2.75) is 11.4 Å². The Morgan fingerprint density at radius 3 is 2.37 bits per heavy atom. The Bertz CT molecular complexity index is 1040. The van der Waals surface area contributed by atoms with E-state index in [1.807, 2.05) is 23.9 Å². The average Bonchev–Trinajstić information content (AvgIpc) is 3.05. The fraction of sp³-hybridized carbons (Fsp3) is 0.250. The van der Waals surface area contributed by atoms with Crippen LogP contribution in [0.15, 0.2) is 41.4 Å². The third-order valence-electron chi connectivity index (χ3n) is 4.83. The van der Waals surface area contributed by atoms with Gasteiger partial charge in [0.2, 0.25) is 12.5 Å². The molecule has 0 saturated heterocycles. The SMILES string of the molecule is COc1cc2cc3[n+](cc2cc1OC)CCSc1cc2c(cc1-3)OCO2.[Cl-]. The molecule has 2 aromatic carbocycles. The third-order valence-corrected chi connectivity index (χ3v) is 5.86. The molecule has 0 unspecified atom stereocenters. The van der Waals surface area contributed by atoms with Gasteiger partial charge < -0.3 is 31.4 Å². The first-order chi connectivity index (χ1) is 12.8. The van der Waals surface area contributed by atoms with E-state index in [-0.39, 0.29) is 19.2 Å². The Labute approximate surface area is 167 Å². The summed E-state index contributed by atoms with van der Waals surface area (Å²) in [6, 6.07) is 10.5. The largest absolute Gasteiger partial charge is 1.00 e. The van der Waals surface area contributed by atoms with Crippen LogP contribution in [0, 0.1) is 0 Å². The van der Waals surface area contributed by atoms with E-state index < -0.39 is 0 Å². The Morgan fingerprint density at radius 2 is 1.63 bits per heavy atom. The molecular weight excluding hydrogens is 386 g/mol. The van der Waals surface area contributed by atoms with Gasteiger partial charge in [0.15, 0.2) is 35.7 Å². The van der Waals surface area contributed by atoms with Crippen molar-refractivity contribution >= 4 is 22.5 Å². The van der Waals surface area contributed by atoms with E-state index in [0.29, 0.717) is 0 Å². The van der Waals surface area contributed by atoms with Gasteiger partial charge in [0, 0.05) is 16.3 Å². The van der Waals surface area contributed by atoms with Crippen LogP contribution in [0.3, 0.4) is 0 Å². The summed E-state index contributed by atoms with van der Waals surface area (Å²) >= 11 is 1.85. The number of fused-ring (bicyclic) bond motifs is 5. The lowest BCUT2D eigenvalue weighted by molar-refractivity contribution is -0.680. The predicted octanol–water partition coefficient (Wildman–Crippen LogP) is 0.650. The highest BCUT2D eigenvalue weighted by molar-refractivity contribution is 7.99. The number of pyridine rings is 1. The monoisotopic (exact) mass is 403 g/mol. The molecule has 5 rings (SSSR count). The van der Waals surface area contributed by atoms with Crippen molar-refractivity contribution in [3.63, 3.8) is 0 Å². The molecule has 0 spiro atoms. The summed E-state index contributed by atoms with van der Waals surface area (Å²) in [5.74, 6) is 4.12. The smallest absolute Gasteiger partial charge is 0.231 e. The molecule has 0 atom stereocenters.